The van der Waals surface area contributed by atoms with Gasteiger partial charge in [0.25, 0.3) is 5.91 Å². The molecule has 0 aromatic heterocycles. The Balaban J connectivity index is 1.42. The third-order valence-corrected chi connectivity index (χ3v) is 7.00. The standard InChI is InChI=1S/C26H30N2O6/c1-26(24(31)28(2)34-16-23(29)30)14-8-7-13-22(26)27-25(32)33-15-21-19-11-5-3-9-17(19)18-10-4-6-12-20(18)21/h3-6,9-12,21-22H,7-8,13-16H2,1-2H3,(H,27,32)(H,29,30). The van der Waals surface area contributed by atoms with Gasteiger partial charge in [-0.05, 0) is 42.0 Å². The van der Waals surface area contributed by atoms with Crippen molar-refractivity contribution in [2.45, 2.75) is 44.6 Å². The second-order valence-electron chi connectivity index (χ2n) is 9.16. The number of alkyl carbamates (subject to hydrolysis) is 1. The fraction of sp³-hybridized carbons (Fsp3) is 0.423. The highest BCUT2D eigenvalue weighted by molar-refractivity contribution is 5.83. The minimum atomic E-state index is -1.17. The Morgan fingerprint density at radius 3 is 2.29 bits per heavy atom. The van der Waals surface area contributed by atoms with Gasteiger partial charge < -0.3 is 15.2 Å². The summed E-state index contributed by atoms with van der Waals surface area (Å²) in [6.45, 7) is 1.37. The van der Waals surface area contributed by atoms with Crippen molar-refractivity contribution >= 4 is 18.0 Å². The summed E-state index contributed by atoms with van der Waals surface area (Å²) in [4.78, 5) is 41.8. The largest absolute Gasteiger partial charge is 0.479 e. The van der Waals surface area contributed by atoms with E-state index in [1.807, 2.05) is 24.3 Å². The van der Waals surface area contributed by atoms with Gasteiger partial charge in [0, 0.05) is 19.0 Å². The lowest BCUT2D eigenvalue weighted by Gasteiger charge is -2.41. The number of ether oxygens (including phenoxy) is 1. The van der Waals surface area contributed by atoms with Gasteiger partial charge in [-0.2, -0.15) is 0 Å². The SMILES string of the molecule is CN(OCC(=O)O)C(=O)C1(C)CCCCC1NC(=O)OCC1c2ccccc2-c2ccccc21. The van der Waals surface area contributed by atoms with Crippen LogP contribution < -0.4 is 5.32 Å². The zero-order chi connectivity index (χ0) is 24.3. The average molecular weight is 467 g/mol. The molecule has 34 heavy (non-hydrogen) atoms. The van der Waals surface area contributed by atoms with E-state index in [-0.39, 0.29) is 18.4 Å². The van der Waals surface area contributed by atoms with Gasteiger partial charge in [-0.15, -0.1) is 0 Å². The molecule has 180 valence electrons. The number of carbonyl (C=O) groups excluding carboxylic acids is 2. The van der Waals surface area contributed by atoms with Crippen molar-refractivity contribution in [1.82, 2.24) is 10.4 Å². The molecule has 0 saturated heterocycles. The van der Waals surface area contributed by atoms with E-state index in [9.17, 15) is 14.4 Å². The van der Waals surface area contributed by atoms with E-state index in [0.29, 0.717) is 12.8 Å². The van der Waals surface area contributed by atoms with E-state index in [2.05, 4.69) is 29.6 Å². The van der Waals surface area contributed by atoms with E-state index < -0.39 is 30.1 Å². The number of nitrogens with one attached hydrogen (secondary N) is 1. The summed E-state index contributed by atoms with van der Waals surface area (Å²) in [6.07, 6.45) is 2.32. The van der Waals surface area contributed by atoms with Crippen LogP contribution in [0.4, 0.5) is 4.79 Å². The number of nitrogens with zero attached hydrogens (tertiary/aromatic N) is 1. The Hall–Kier alpha value is -3.39. The zero-order valence-electron chi connectivity index (χ0n) is 19.5. The fourth-order valence-electron chi connectivity index (χ4n) is 5.17. The molecule has 0 aliphatic heterocycles. The third-order valence-electron chi connectivity index (χ3n) is 7.00. The number of carboxylic acids is 1. The Kier molecular flexibility index (Phi) is 6.88. The molecule has 2 aromatic rings. The number of carboxylic acid groups (broad SMARTS) is 1. The van der Waals surface area contributed by atoms with Crippen molar-refractivity contribution in [3.8, 4) is 11.1 Å². The molecule has 2 aliphatic rings. The number of fused-ring (bicyclic) bond motifs is 3. The maximum absolute atomic E-state index is 13.1. The quantitative estimate of drug-likeness (QED) is 0.599. The number of hydrogen-bond donors (Lipinski definition) is 2. The van der Waals surface area contributed by atoms with Crippen LogP contribution in [0.15, 0.2) is 48.5 Å². The Labute approximate surface area is 198 Å². The van der Waals surface area contributed by atoms with Crippen molar-refractivity contribution in [2.24, 2.45) is 5.41 Å². The number of hydrogen-bond acceptors (Lipinski definition) is 5. The molecule has 1 fully saturated rings. The number of amides is 2. The molecule has 2 N–H and O–H groups in total. The minimum Gasteiger partial charge on any atom is -0.479 e. The van der Waals surface area contributed by atoms with Crippen LogP contribution in [-0.4, -0.2) is 54.4 Å². The molecule has 2 aromatic carbocycles. The highest BCUT2D eigenvalue weighted by Crippen LogP contribution is 2.44. The number of rotatable bonds is 7. The van der Waals surface area contributed by atoms with Crippen LogP contribution in [0.2, 0.25) is 0 Å². The van der Waals surface area contributed by atoms with E-state index >= 15 is 0 Å². The van der Waals surface area contributed by atoms with Gasteiger partial charge in [0.05, 0.1) is 5.41 Å². The van der Waals surface area contributed by atoms with Crippen LogP contribution in [0.3, 0.4) is 0 Å². The van der Waals surface area contributed by atoms with Crippen molar-refractivity contribution in [3.05, 3.63) is 59.7 Å². The number of benzene rings is 2. The molecule has 2 unspecified atom stereocenters. The topological polar surface area (TPSA) is 105 Å². The van der Waals surface area contributed by atoms with Crippen LogP contribution in [0, 0.1) is 5.41 Å². The average Bonchev–Trinajstić information content (AvgIpc) is 3.16. The van der Waals surface area contributed by atoms with Crippen LogP contribution in [0.5, 0.6) is 0 Å². The van der Waals surface area contributed by atoms with Gasteiger partial charge in [0.1, 0.15) is 6.61 Å². The van der Waals surface area contributed by atoms with Crippen LogP contribution >= 0.6 is 0 Å². The maximum Gasteiger partial charge on any atom is 0.407 e. The first-order valence-corrected chi connectivity index (χ1v) is 11.6. The lowest BCUT2D eigenvalue weighted by molar-refractivity contribution is -0.196. The number of hydroxylamine groups is 2. The second kappa shape index (κ2) is 9.85. The van der Waals surface area contributed by atoms with E-state index in [1.54, 1.807) is 6.92 Å². The summed E-state index contributed by atoms with van der Waals surface area (Å²) < 4.78 is 5.67. The number of carbonyl (C=O) groups is 3. The molecule has 2 atom stereocenters. The Morgan fingerprint density at radius 1 is 1.06 bits per heavy atom. The second-order valence-corrected chi connectivity index (χ2v) is 9.16. The highest BCUT2D eigenvalue weighted by Gasteiger charge is 2.46. The molecule has 2 amide bonds. The van der Waals surface area contributed by atoms with E-state index in [4.69, 9.17) is 14.7 Å². The molecule has 8 nitrogen and oxygen atoms in total. The minimum absolute atomic E-state index is 0.0481. The molecule has 4 rings (SSSR count). The molecule has 2 aliphatic carbocycles. The lowest BCUT2D eigenvalue weighted by atomic mass is 9.71. The molecule has 0 heterocycles. The van der Waals surface area contributed by atoms with Gasteiger partial charge in [0.2, 0.25) is 0 Å². The Morgan fingerprint density at radius 2 is 1.68 bits per heavy atom. The number of aliphatic carboxylic acids is 1. The molecular weight excluding hydrogens is 436 g/mol. The van der Waals surface area contributed by atoms with Gasteiger partial charge in [-0.1, -0.05) is 61.4 Å². The maximum atomic E-state index is 13.1. The van der Waals surface area contributed by atoms with Gasteiger partial charge in [-0.3, -0.25) is 9.63 Å². The first kappa shape index (κ1) is 23.8. The molecule has 1 saturated carbocycles. The molecule has 0 bridgehead atoms. The van der Waals surface area contributed by atoms with Gasteiger partial charge >= 0.3 is 12.1 Å². The van der Waals surface area contributed by atoms with Crippen molar-refractivity contribution in [1.29, 1.82) is 0 Å². The summed E-state index contributed by atoms with van der Waals surface area (Å²) in [5.74, 6) is -1.58. The van der Waals surface area contributed by atoms with E-state index in [1.165, 1.54) is 7.05 Å². The van der Waals surface area contributed by atoms with Gasteiger partial charge in [0.15, 0.2) is 6.61 Å². The summed E-state index contributed by atoms with van der Waals surface area (Å²) in [7, 11) is 1.40. The normalized spacial score (nSPS) is 21.3. The van der Waals surface area contributed by atoms with Crippen LogP contribution in [-0.2, 0) is 19.2 Å². The smallest absolute Gasteiger partial charge is 0.407 e. The molecular formula is C26H30N2O6. The fourth-order valence-corrected chi connectivity index (χ4v) is 5.17. The third kappa shape index (κ3) is 4.63. The summed E-state index contributed by atoms with van der Waals surface area (Å²) >= 11 is 0. The first-order chi connectivity index (χ1) is 16.3. The zero-order valence-corrected chi connectivity index (χ0v) is 19.5. The lowest BCUT2D eigenvalue weighted by Crippen LogP contribution is -2.56. The van der Waals surface area contributed by atoms with E-state index in [0.717, 1.165) is 40.2 Å². The first-order valence-electron chi connectivity index (χ1n) is 11.6. The summed E-state index contributed by atoms with van der Waals surface area (Å²) in [5, 5.41) is 12.7. The van der Waals surface area contributed by atoms with Crippen molar-refractivity contribution in [3.63, 3.8) is 0 Å². The van der Waals surface area contributed by atoms with Crippen LogP contribution in [0.25, 0.3) is 11.1 Å². The molecule has 8 heteroatoms. The van der Waals surface area contributed by atoms with Crippen molar-refractivity contribution < 1.29 is 29.1 Å². The predicted molar refractivity (Wildman–Crippen MR) is 125 cm³/mol. The summed E-state index contributed by atoms with van der Waals surface area (Å²) in [6, 6.07) is 15.8. The Bertz CT molecular complexity index is 1040. The highest BCUT2D eigenvalue weighted by atomic mass is 16.7. The van der Waals surface area contributed by atoms with Crippen molar-refractivity contribution in [2.75, 3.05) is 20.3 Å². The summed E-state index contributed by atoms with van der Waals surface area (Å²) in [5.41, 5.74) is 3.65. The monoisotopic (exact) mass is 466 g/mol. The molecule has 0 spiro atoms. The molecule has 0 radical (unpaired) electrons. The predicted octanol–water partition coefficient (Wildman–Crippen LogP) is 3.95. The van der Waals surface area contributed by atoms with Gasteiger partial charge in [-0.25, -0.2) is 14.7 Å². The van der Waals surface area contributed by atoms with Crippen LogP contribution in [0.1, 0.15) is 49.7 Å².